The van der Waals surface area contributed by atoms with E-state index in [0.29, 0.717) is 28.0 Å². The van der Waals surface area contributed by atoms with Crippen LogP contribution in [0.4, 0.5) is 5.69 Å². The van der Waals surface area contributed by atoms with E-state index in [-0.39, 0.29) is 32.6 Å². The maximum absolute atomic E-state index is 11.4. The smallest absolute Gasteiger partial charge is 0.125 e. The zero-order valence-electron chi connectivity index (χ0n) is 23.3. The summed E-state index contributed by atoms with van der Waals surface area (Å²) in [5, 5.41) is 27.5. The van der Waals surface area contributed by atoms with Gasteiger partial charge in [0.1, 0.15) is 11.5 Å². The minimum absolute atomic E-state index is 0. The number of aromatic nitrogens is 2. The number of pyridine rings is 1. The zero-order chi connectivity index (χ0) is 28.9. The minimum Gasteiger partial charge on any atom is -0.507 e. The molecule has 0 aliphatic heterocycles. The van der Waals surface area contributed by atoms with Gasteiger partial charge in [-0.3, -0.25) is 4.99 Å². The van der Waals surface area contributed by atoms with Crippen molar-refractivity contribution in [2.75, 3.05) is 0 Å². The van der Waals surface area contributed by atoms with Crippen LogP contribution >= 0.6 is 0 Å². The fraction of sp³-hybridized carbons (Fsp3) is 0. The van der Waals surface area contributed by atoms with E-state index in [0.717, 1.165) is 43.7 Å². The van der Waals surface area contributed by atoms with E-state index in [1.165, 1.54) is 0 Å². The van der Waals surface area contributed by atoms with Gasteiger partial charge < -0.3 is 14.8 Å². The number of aliphatic imine (C=N–C) groups is 1. The minimum atomic E-state index is 0. The van der Waals surface area contributed by atoms with Crippen LogP contribution < -0.4 is 0 Å². The Hall–Kier alpha value is -5.25. The number of phenolic OH excluding ortho intramolecular Hbond substituents is 2. The van der Waals surface area contributed by atoms with E-state index in [2.05, 4.69) is 28.8 Å². The van der Waals surface area contributed by atoms with Crippen LogP contribution in [0, 0.1) is 0 Å². The summed E-state index contributed by atoms with van der Waals surface area (Å²) in [7, 11) is 0. The Balaban J connectivity index is 0.00000312. The summed E-state index contributed by atoms with van der Waals surface area (Å²) in [6.45, 7) is 0. The molecule has 0 saturated carbocycles. The van der Waals surface area contributed by atoms with Crippen molar-refractivity contribution in [2.24, 2.45) is 4.99 Å². The van der Waals surface area contributed by atoms with Crippen molar-refractivity contribution in [1.82, 2.24) is 9.55 Å². The van der Waals surface area contributed by atoms with Crippen LogP contribution in [-0.2, 0) is 21.1 Å². The third kappa shape index (κ3) is 4.45. The van der Waals surface area contributed by atoms with Gasteiger partial charge >= 0.3 is 0 Å². The van der Waals surface area contributed by atoms with Crippen molar-refractivity contribution < 1.29 is 31.3 Å². The third-order valence-electron chi connectivity index (χ3n) is 8.04. The molecule has 8 rings (SSSR count). The molecule has 0 atom stereocenters. The Morgan fingerprint density at radius 3 is 2.14 bits per heavy atom. The Labute approximate surface area is 267 Å². The molecule has 0 amide bonds. The zero-order valence-corrected chi connectivity index (χ0v) is 25.6. The number of hydrogen-bond acceptors (Lipinski definition) is 4. The molecule has 2 aromatic heterocycles. The second-order valence-electron chi connectivity index (χ2n) is 10.6. The summed E-state index contributed by atoms with van der Waals surface area (Å²) in [5.41, 5.74) is 5.73. The number of aromatic hydroxyl groups is 2. The summed E-state index contributed by atoms with van der Waals surface area (Å²) in [6.07, 6.45) is 1.75. The van der Waals surface area contributed by atoms with E-state index < -0.39 is 0 Å². The molecule has 0 radical (unpaired) electrons. The number of benzene rings is 6. The number of phenols is 2. The fourth-order valence-electron chi connectivity index (χ4n) is 6.16. The average molecular weight is 751 g/mol. The normalized spacial score (nSPS) is 11.5. The standard InChI is InChI=1S/C38H25N3O2.Pt/c42-34-19-9-12-24-11-8-17-29(36(24)34)39-23-31-27-15-5-4-10-25(27)22-30(40-31)38-35(43)21-20-33-37(38)28-16-6-7-18-32(28)41(33)26-13-2-1-3-14-26;/h1-23,42-43H;. The van der Waals surface area contributed by atoms with Crippen LogP contribution in [0.1, 0.15) is 5.69 Å². The SMILES string of the molecule is Oc1ccc2c(c1-c1cc3ccccc3c(C=Nc3cccc4cccc(O)c34)n1)c1ccccc1n2-c1ccccc1.[Pt]. The summed E-state index contributed by atoms with van der Waals surface area (Å²) >= 11 is 0. The molecule has 8 aromatic rings. The van der Waals surface area contributed by atoms with Gasteiger partial charge in [-0.15, -0.1) is 0 Å². The number of rotatable bonds is 4. The second kappa shape index (κ2) is 11.1. The predicted molar refractivity (Wildman–Crippen MR) is 176 cm³/mol. The molecule has 0 fully saturated rings. The molecule has 5 nitrogen and oxygen atoms in total. The first-order chi connectivity index (χ1) is 21.2. The van der Waals surface area contributed by atoms with Gasteiger partial charge in [-0.2, -0.15) is 0 Å². The van der Waals surface area contributed by atoms with Crippen molar-refractivity contribution in [2.45, 2.75) is 0 Å². The second-order valence-corrected chi connectivity index (χ2v) is 10.6. The number of hydrogen-bond donors (Lipinski definition) is 2. The molecular formula is C38H25N3O2Pt. The van der Waals surface area contributed by atoms with Crippen molar-refractivity contribution in [3.8, 4) is 28.4 Å². The monoisotopic (exact) mass is 750 g/mol. The van der Waals surface area contributed by atoms with E-state index in [4.69, 9.17) is 9.98 Å². The topological polar surface area (TPSA) is 70.6 Å². The van der Waals surface area contributed by atoms with Crippen LogP contribution in [0.25, 0.3) is 60.3 Å². The van der Waals surface area contributed by atoms with Gasteiger partial charge in [-0.1, -0.05) is 84.9 Å². The Morgan fingerprint density at radius 1 is 0.591 bits per heavy atom. The molecule has 44 heavy (non-hydrogen) atoms. The number of para-hydroxylation sites is 2. The molecule has 6 heteroatoms. The summed E-state index contributed by atoms with van der Waals surface area (Å²) in [4.78, 5) is 9.92. The van der Waals surface area contributed by atoms with E-state index >= 15 is 0 Å². The summed E-state index contributed by atoms with van der Waals surface area (Å²) in [5.74, 6) is 0.344. The predicted octanol–water partition coefficient (Wildman–Crippen LogP) is 9.31. The molecule has 0 aliphatic carbocycles. The molecule has 214 valence electrons. The maximum atomic E-state index is 11.4. The molecule has 0 aliphatic rings. The van der Waals surface area contributed by atoms with Gasteiger partial charge in [0.05, 0.1) is 39.9 Å². The average Bonchev–Trinajstić information content (AvgIpc) is 3.38. The Kier molecular flexibility index (Phi) is 6.96. The van der Waals surface area contributed by atoms with Crippen LogP contribution in [0.5, 0.6) is 11.5 Å². The van der Waals surface area contributed by atoms with Crippen LogP contribution in [0.2, 0.25) is 0 Å². The number of fused-ring (bicyclic) bond motifs is 5. The van der Waals surface area contributed by atoms with Crippen molar-refractivity contribution in [3.05, 3.63) is 139 Å². The third-order valence-corrected chi connectivity index (χ3v) is 8.04. The fourth-order valence-corrected chi connectivity index (χ4v) is 6.16. The molecule has 2 heterocycles. The molecule has 6 aromatic carbocycles. The van der Waals surface area contributed by atoms with E-state index in [1.54, 1.807) is 18.3 Å². The van der Waals surface area contributed by atoms with Crippen LogP contribution in [-0.4, -0.2) is 26.0 Å². The van der Waals surface area contributed by atoms with Gasteiger partial charge in [0.25, 0.3) is 0 Å². The van der Waals surface area contributed by atoms with Gasteiger partial charge in [-0.05, 0) is 59.3 Å². The van der Waals surface area contributed by atoms with E-state index in [1.807, 2.05) is 97.1 Å². The first kappa shape index (κ1) is 27.6. The molecular weight excluding hydrogens is 726 g/mol. The Bertz CT molecular complexity index is 2370. The van der Waals surface area contributed by atoms with Crippen LogP contribution in [0.3, 0.4) is 0 Å². The number of nitrogens with zero attached hydrogens (tertiary/aromatic N) is 3. The van der Waals surface area contributed by atoms with Gasteiger partial charge in [0.2, 0.25) is 0 Å². The quantitative estimate of drug-likeness (QED) is 0.176. The molecule has 0 spiro atoms. The maximum Gasteiger partial charge on any atom is 0.125 e. The van der Waals surface area contributed by atoms with Gasteiger partial charge in [-0.25, -0.2) is 4.98 Å². The molecule has 0 unspecified atom stereocenters. The molecule has 0 bridgehead atoms. The van der Waals surface area contributed by atoms with E-state index in [9.17, 15) is 10.2 Å². The van der Waals surface area contributed by atoms with Crippen molar-refractivity contribution in [3.63, 3.8) is 0 Å². The first-order valence-corrected chi connectivity index (χ1v) is 14.1. The first-order valence-electron chi connectivity index (χ1n) is 14.1. The van der Waals surface area contributed by atoms with Gasteiger partial charge in [0, 0.05) is 48.3 Å². The molecule has 0 saturated heterocycles. The Morgan fingerprint density at radius 2 is 1.30 bits per heavy atom. The molecule has 2 N–H and O–H groups in total. The van der Waals surface area contributed by atoms with Gasteiger partial charge in [0.15, 0.2) is 0 Å². The summed E-state index contributed by atoms with van der Waals surface area (Å²) in [6, 6.07) is 43.5. The summed E-state index contributed by atoms with van der Waals surface area (Å²) < 4.78 is 2.23. The van der Waals surface area contributed by atoms with Crippen molar-refractivity contribution >= 4 is 55.3 Å². The van der Waals surface area contributed by atoms with Crippen molar-refractivity contribution in [1.29, 1.82) is 0 Å². The largest absolute Gasteiger partial charge is 0.507 e. The van der Waals surface area contributed by atoms with Crippen LogP contribution in [0.15, 0.2) is 138 Å².